The van der Waals surface area contributed by atoms with Crippen molar-refractivity contribution in [2.75, 3.05) is 6.61 Å². The van der Waals surface area contributed by atoms with Crippen molar-refractivity contribution in [2.45, 2.75) is 19.8 Å². The third kappa shape index (κ3) is 8.85. The number of rotatable bonds is 7. The van der Waals surface area contributed by atoms with Gasteiger partial charge in [0.15, 0.2) is 0 Å². The first-order valence-corrected chi connectivity index (χ1v) is 13.6. The molecule has 0 aliphatic carbocycles. The summed E-state index contributed by atoms with van der Waals surface area (Å²) in [6, 6.07) is 15.5. The molecule has 0 aliphatic rings. The van der Waals surface area contributed by atoms with Crippen LogP contribution in [-0.2, 0) is 17.6 Å². The number of carbonyl (C=O) groups excluding carboxylic acids is 1. The molecule has 0 spiro atoms. The van der Waals surface area contributed by atoms with Gasteiger partial charge >= 0.3 is 41.5 Å². The molecule has 0 atom stereocenters. The Morgan fingerprint density at radius 2 is 1.23 bits per heavy atom. The van der Waals surface area contributed by atoms with E-state index < -0.39 is 11.9 Å². The van der Waals surface area contributed by atoms with E-state index in [-0.39, 0.29) is 46.7 Å². The number of aromatic amines is 2. The first-order valence-electron chi connectivity index (χ1n) is 12.8. The maximum atomic E-state index is 11.6. The van der Waals surface area contributed by atoms with E-state index in [1.54, 1.807) is 25.5 Å². The third-order valence-electron chi connectivity index (χ3n) is 6.14. The standard InChI is InChI=1S/C16H14ClN3O2.C14H10ClN3O2.Na.H2O/c1-2-22-16(21)15-19-9-13(20-15)6-10-3-4-14-11(5-10)7-12(17)8-18-14;15-10-5-9-3-8(1-2-12(9)16-6-10)4-11-7-17-13(18-11)14(19)20;;/h3-5,7-9H,2,6H2,1H3,(H,19,20);1-3,5-7H,4H2,(H,17,18)(H,19,20);;1H2/q;;+1;/p-1. The number of imidazole rings is 2. The van der Waals surface area contributed by atoms with E-state index >= 15 is 0 Å². The zero-order valence-electron chi connectivity index (χ0n) is 23.7. The van der Waals surface area contributed by atoms with Gasteiger partial charge in [0.05, 0.1) is 27.7 Å². The number of ether oxygens (including phenoxy) is 1. The molecule has 2 aromatic carbocycles. The summed E-state index contributed by atoms with van der Waals surface area (Å²) in [5.74, 6) is -1.33. The van der Waals surface area contributed by atoms with Crippen molar-refractivity contribution in [1.29, 1.82) is 0 Å². The molecule has 0 radical (unpaired) electrons. The Hall–Kier alpha value is -3.84. The van der Waals surface area contributed by atoms with Crippen LogP contribution in [0.2, 0.25) is 10.0 Å². The summed E-state index contributed by atoms with van der Waals surface area (Å²) >= 11 is 11.9. The molecule has 0 saturated heterocycles. The smallest absolute Gasteiger partial charge is 0.870 e. The average Bonchev–Trinajstić information content (AvgIpc) is 3.63. The fraction of sp³-hybridized carbons (Fsp3) is 0.133. The average molecular weight is 643 g/mol. The molecule has 4 N–H and O–H groups in total. The van der Waals surface area contributed by atoms with Crippen molar-refractivity contribution >= 4 is 56.9 Å². The number of pyridine rings is 2. The number of nitrogens with zero attached hydrogens (tertiary/aromatic N) is 4. The Morgan fingerprint density at radius 3 is 1.68 bits per heavy atom. The van der Waals surface area contributed by atoms with Crippen LogP contribution in [0.1, 0.15) is 50.7 Å². The number of aromatic carboxylic acids is 1. The van der Waals surface area contributed by atoms with Gasteiger partial charge in [0.2, 0.25) is 11.6 Å². The fourth-order valence-corrected chi connectivity index (χ4v) is 4.61. The molecule has 0 unspecified atom stereocenters. The monoisotopic (exact) mass is 642 g/mol. The van der Waals surface area contributed by atoms with Gasteiger partial charge in [-0.3, -0.25) is 9.97 Å². The summed E-state index contributed by atoms with van der Waals surface area (Å²) in [7, 11) is 0. The van der Waals surface area contributed by atoms with Gasteiger partial charge in [0, 0.05) is 59.8 Å². The predicted molar refractivity (Wildman–Crippen MR) is 161 cm³/mol. The number of aromatic nitrogens is 6. The van der Waals surface area contributed by atoms with Crippen molar-refractivity contribution < 1.29 is 54.5 Å². The summed E-state index contributed by atoms with van der Waals surface area (Å²) in [6.07, 6.45) is 7.62. The number of benzene rings is 2. The quantitative estimate of drug-likeness (QED) is 0.174. The third-order valence-corrected chi connectivity index (χ3v) is 6.56. The number of fused-ring (bicyclic) bond motifs is 2. The molecule has 0 fully saturated rings. The van der Waals surface area contributed by atoms with Crippen LogP contribution in [0.3, 0.4) is 0 Å². The first kappa shape index (κ1) is 34.6. The normalized spacial score (nSPS) is 10.3. The Morgan fingerprint density at radius 1 is 0.750 bits per heavy atom. The Kier molecular flexibility index (Phi) is 12.4. The minimum atomic E-state index is -1.06. The van der Waals surface area contributed by atoms with Crippen LogP contribution >= 0.6 is 23.2 Å². The van der Waals surface area contributed by atoms with E-state index in [2.05, 4.69) is 29.9 Å². The minimum Gasteiger partial charge on any atom is -0.870 e. The molecule has 0 saturated carbocycles. The largest absolute Gasteiger partial charge is 1.00 e. The molecule has 0 aliphatic heterocycles. The van der Waals surface area contributed by atoms with E-state index in [1.165, 1.54) is 6.20 Å². The second kappa shape index (κ2) is 15.8. The van der Waals surface area contributed by atoms with E-state index in [9.17, 15) is 9.59 Å². The summed E-state index contributed by atoms with van der Waals surface area (Å²) in [4.78, 5) is 44.4. The molecular weight excluding hydrogens is 618 g/mol. The van der Waals surface area contributed by atoms with Crippen LogP contribution in [0, 0.1) is 0 Å². The number of hydrogen-bond acceptors (Lipinski definition) is 8. The van der Waals surface area contributed by atoms with E-state index in [1.807, 2.05) is 48.5 Å². The topological polar surface area (TPSA) is 177 Å². The minimum absolute atomic E-state index is 0. The Bertz CT molecular complexity index is 1910. The zero-order chi connectivity index (χ0) is 29.6. The van der Waals surface area contributed by atoms with E-state index in [0.29, 0.717) is 29.5 Å². The van der Waals surface area contributed by atoms with Gasteiger partial charge in [-0.15, -0.1) is 0 Å². The van der Waals surface area contributed by atoms with Crippen molar-refractivity contribution in [1.82, 2.24) is 29.9 Å². The van der Waals surface area contributed by atoms with Crippen molar-refractivity contribution in [2.24, 2.45) is 0 Å². The zero-order valence-corrected chi connectivity index (χ0v) is 27.2. The number of carbonyl (C=O) groups is 2. The van der Waals surface area contributed by atoms with Crippen molar-refractivity contribution in [3.05, 3.63) is 118 Å². The number of esters is 1. The van der Waals surface area contributed by atoms with Crippen LogP contribution in [0.25, 0.3) is 21.8 Å². The Balaban J connectivity index is 0.000000231. The number of H-pyrrole nitrogens is 2. The molecule has 0 amide bonds. The van der Waals surface area contributed by atoms with Crippen LogP contribution in [0.15, 0.2) is 73.3 Å². The Labute approximate surface area is 283 Å². The van der Waals surface area contributed by atoms with Crippen LogP contribution < -0.4 is 29.6 Å². The second-order valence-electron chi connectivity index (χ2n) is 9.25. The van der Waals surface area contributed by atoms with E-state index in [4.69, 9.17) is 33.0 Å². The molecule has 11 nitrogen and oxygen atoms in total. The molecule has 44 heavy (non-hydrogen) atoms. The van der Waals surface area contributed by atoms with Gasteiger partial charge in [-0.2, -0.15) is 0 Å². The SMILES string of the molecule is CCOC(=O)c1ncc(Cc2ccc3ncc(Cl)cc3c2)[nH]1.O=C(O)c1ncc(Cc2ccc3ncc(Cl)cc3c2)[nH]1.[Na+].[OH-]. The molecule has 0 bridgehead atoms. The van der Waals surface area contributed by atoms with Crippen molar-refractivity contribution in [3.8, 4) is 0 Å². The molecular formula is C30H25Cl2N6NaO5. The first-order chi connectivity index (χ1) is 20.3. The van der Waals surface area contributed by atoms with Gasteiger partial charge in [-0.05, 0) is 54.4 Å². The van der Waals surface area contributed by atoms with E-state index in [0.717, 1.165) is 44.3 Å². The molecule has 4 heterocycles. The summed E-state index contributed by atoms with van der Waals surface area (Å²) in [6.45, 7) is 2.09. The molecule has 6 aromatic rings. The van der Waals surface area contributed by atoms with Gasteiger partial charge < -0.3 is 25.3 Å². The van der Waals surface area contributed by atoms with Gasteiger partial charge in [0.25, 0.3) is 0 Å². The van der Waals surface area contributed by atoms with Gasteiger partial charge in [-0.25, -0.2) is 19.6 Å². The summed E-state index contributed by atoms with van der Waals surface area (Å²) in [5.41, 5.74) is 5.46. The van der Waals surface area contributed by atoms with Crippen LogP contribution in [0.5, 0.6) is 0 Å². The maximum Gasteiger partial charge on any atom is 1.00 e. The molecule has 220 valence electrons. The maximum absolute atomic E-state index is 11.6. The number of halogens is 2. The van der Waals surface area contributed by atoms with Gasteiger partial charge in [-0.1, -0.05) is 35.3 Å². The summed E-state index contributed by atoms with van der Waals surface area (Å²) < 4.78 is 4.91. The fourth-order valence-electron chi connectivity index (χ4n) is 4.28. The second-order valence-corrected chi connectivity index (χ2v) is 10.1. The molecule has 14 heteroatoms. The predicted octanol–water partition coefficient (Wildman–Crippen LogP) is 3.11. The number of nitrogens with one attached hydrogen (secondary N) is 2. The molecule has 6 rings (SSSR count). The van der Waals surface area contributed by atoms with Crippen LogP contribution in [0.4, 0.5) is 0 Å². The molecule has 4 aromatic heterocycles. The van der Waals surface area contributed by atoms with Crippen molar-refractivity contribution in [3.63, 3.8) is 0 Å². The van der Waals surface area contributed by atoms with Crippen LogP contribution in [-0.4, -0.2) is 59.0 Å². The van der Waals surface area contributed by atoms with Gasteiger partial charge in [0.1, 0.15) is 0 Å². The number of hydrogen-bond donors (Lipinski definition) is 3. The summed E-state index contributed by atoms with van der Waals surface area (Å²) in [5, 5.41) is 11.9. The number of carboxylic acid groups (broad SMARTS) is 1. The number of carboxylic acids is 1.